The standard InChI is InChI=1S/C15H17N3O3/c16-11-1-3-12(4-2-11)21-14-13(17-7-8-18-14)15(19)5-9-20-10-6-15/h1-4,7-8,19H,5-6,9-10,16H2. The molecule has 1 aliphatic rings. The number of hydrogen-bond acceptors (Lipinski definition) is 6. The zero-order valence-electron chi connectivity index (χ0n) is 11.5. The number of nitrogens with two attached hydrogens (primary N) is 1. The maximum Gasteiger partial charge on any atom is 0.244 e. The van der Waals surface area contributed by atoms with Gasteiger partial charge in [0.25, 0.3) is 0 Å². The Kier molecular flexibility index (Phi) is 3.72. The molecule has 1 aromatic carbocycles. The molecule has 3 rings (SSSR count). The van der Waals surface area contributed by atoms with Crippen molar-refractivity contribution in [2.24, 2.45) is 0 Å². The van der Waals surface area contributed by atoms with Crippen LogP contribution in [0.1, 0.15) is 18.5 Å². The fourth-order valence-electron chi connectivity index (χ4n) is 2.31. The van der Waals surface area contributed by atoms with E-state index in [9.17, 15) is 5.11 Å². The Morgan fingerprint density at radius 1 is 1.10 bits per heavy atom. The molecule has 6 nitrogen and oxygen atoms in total. The van der Waals surface area contributed by atoms with Crippen LogP contribution in [-0.4, -0.2) is 28.3 Å². The highest BCUT2D eigenvalue weighted by Gasteiger charge is 2.36. The van der Waals surface area contributed by atoms with Gasteiger partial charge in [0.1, 0.15) is 17.0 Å². The van der Waals surface area contributed by atoms with Crippen molar-refractivity contribution in [3.63, 3.8) is 0 Å². The number of aromatic nitrogens is 2. The first kappa shape index (κ1) is 13.8. The molecule has 0 unspecified atom stereocenters. The molecule has 0 amide bonds. The lowest BCUT2D eigenvalue weighted by Gasteiger charge is -2.31. The van der Waals surface area contributed by atoms with Crippen LogP contribution in [0.2, 0.25) is 0 Å². The quantitative estimate of drug-likeness (QED) is 0.837. The number of nitrogens with zero attached hydrogens (tertiary/aromatic N) is 2. The van der Waals surface area contributed by atoms with Gasteiger partial charge in [-0.2, -0.15) is 0 Å². The molecular weight excluding hydrogens is 270 g/mol. The molecule has 2 heterocycles. The summed E-state index contributed by atoms with van der Waals surface area (Å²) >= 11 is 0. The van der Waals surface area contributed by atoms with E-state index in [2.05, 4.69) is 9.97 Å². The van der Waals surface area contributed by atoms with Crippen molar-refractivity contribution in [2.75, 3.05) is 18.9 Å². The van der Waals surface area contributed by atoms with Crippen LogP contribution in [-0.2, 0) is 10.3 Å². The molecule has 3 N–H and O–H groups in total. The second-order valence-electron chi connectivity index (χ2n) is 5.03. The van der Waals surface area contributed by atoms with Crippen molar-refractivity contribution in [1.29, 1.82) is 0 Å². The third kappa shape index (κ3) is 2.96. The van der Waals surface area contributed by atoms with Gasteiger partial charge in [-0.05, 0) is 24.3 Å². The van der Waals surface area contributed by atoms with Crippen LogP contribution in [0.15, 0.2) is 36.7 Å². The number of aliphatic hydroxyl groups is 1. The van der Waals surface area contributed by atoms with E-state index in [1.165, 1.54) is 0 Å². The summed E-state index contributed by atoms with van der Waals surface area (Å²) in [5.74, 6) is 0.910. The average molecular weight is 287 g/mol. The summed E-state index contributed by atoms with van der Waals surface area (Å²) in [6.45, 7) is 0.989. The van der Waals surface area contributed by atoms with Crippen molar-refractivity contribution in [1.82, 2.24) is 9.97 Å². The fraction of sp³-hybridized carbons (Fsp3) is 0.333. The molecule has 0 bridgehead atoms. The molecule has 1 fully saturated rings. The van der Waals surface area contributed by atoms with E-state index in [1.54, 1.807) is 36.7 Å². The van der Waals surface area contributed by atoms with E-state index in [0.29, 0.717) is 49.1 Å². The van der Waals surface area contributed by atoms with Crippen molar-refractivity contribution >= 4 is 5.69 Å². The van der Waals surface area contributed by atoms with Crippen molar-refractivity contribution in [3.05, 3.63) is 42.4 Å². The summed E-state index contributed by atoms with van der Waals surface area (Å²) in [5, 5.41) is 10.8. The molecule has 1 aromatic heterocycles. The molecule has 0 saturated carbocycles. The second-order valence-corrected chi connectivity index (χ2v) is 5.03. The number of ether oxygens (including phenoxy) is 2. The predicted molar refractivity (Wildman–Crippen MR) is 76.9 cm³/mol. The minimum Gasteiger partial charge on any atom is -0.437 e. The Balaban J connectivity index is 1.90. The zero-order chi connectivity index (χ0) is 14.7. The summed E-state index contributed by atoms with van der Waals surface area (Å²) in [4.78, 5) is 8.47. The number of benzene rings is 1. The monoisotopic (exact) mass is 287 g/mol. The largest absolute Gasteiger partial charge is 0.437 e. The number of rotatable bonds is 3. The van der Waals surface area contributed by atoms with E-state index in [1.807, 2.05) is 0 Å². The number of anilines is 1. The molecule has 110 valence electrons. The van der Waals surface area contributed by atoms with Gasteiger partial charge in [-0.25, -0.2) is 4.98 Å². The zero-order valence-corrected chi connectivity index (χ0v) is 11.5. The van der Waals surface area contributed by atoms with E-state index in [0.717, 1.165) is 0 Å². The minimum absolute atomic E-state index is 0.312. The first-order valence-corrected chi connectivity index (χ1v) is 6.82. The molecule has 1 saturated heterocycles. The van der Waals surface area contributed by atoms with Gasteiger partial charge < -0.3 is 20.3 Å². The highest BCUT2D eigenvalue weighted by atomic mass is 16.5. The maximum atomic E-state index is 10.8. The Morgan fingerprint density at radius 3 is 2.48 bits per heavy atom. The number of nitrogen functional groups attached to an aromatic ring is 1. The van der Waals surface area contributed by atoms with Crippen LogP contribution < -0.4 is 10.5 Å². The maximum absolute atomic E-state index is 10.8. The van der Waals surface area contributed by atoms with Gasteiger partial charge in [-0.1, -0.05) is 0 Å². The van der Waals surface area contributed by atoms with Gasteiger partial charge in [-0.3, -0.25) is 4.98 Å². The van der Waals surface area contributed by atoms with Gasteiger partial charge in [0.05, 0.1) is 0 Å². The smallest absolute Gasteiger partial charge is 0.244 e. The molecule has 6 heteroatoms. The van der Waals surface area contributed by atoms with E-state index < -0.39 is 5.60 Å². The SMILES string of the molecule is Nc1ccc(Oc2nccnc2C2(O)CCOCC2)cc1. The fourth-order valence-corrected chi connectivity index (χ4v) is 2.31. The Hall–Kier alpha value is -2.18. The Labute approximate surface area is 122 Å². The minimum atomic E-state index is -1.06. The van der Waals surface area contributed by atoms with Crippen LogP contribution in [0, 0.1) is 0 Å². The van der Waals surface area contributed by atoms with Crippen LogP contribution in [0.3, 0.4) is 0 Å². The van der Waals surface area contributed by atoms with Crippen LogP contribution in [0.4, 0.5) is 5.69 Å². The third-order valence-corrected chi connectivity index (χ3v) is 3.52. The van der Waals surface area contributed by atoms with Gasteiger partial charge in [-0.15, -0.1) is 0 Å². The lowest BCUT2D eigenvalue weighted by Crippen LogP contribution is -2.34. The average Bonchev–Trinajstić information content (AvgIpc) is 2.51. The molecule has 0 spiro atoms. The van der Waals surface area contributed by atoms with Crippen LogP contribution >= 0.6 is 0 Å². The molecule has 1 aliphatic heterocycles. The highest BCUT2D eigenvalue weighted by molar-refractivity contribution is 5.43. The predicted octanol–water partition coefficient (Wildman–Crippen LogP) is 1.85. The summed E-state index contributed by atoms with van der Waals surface area (Å²) < 4.78 is 11.0. The topological polar surface area (TPSA) is 90.5 Å². The lowest BCUT2D eigenvalue weighted by atomic mass is 9.90. The van der Waals surface area contributed by atoms with Crippen LogP contribution in [0.5, 0.6) is 11.6 Å². The van der Waals surface area contributed by atoms with E-state index >= 15 is 0 Å². The molecule has 0 atom stereocenters. The Bertz CT molecular complexity index is 610. The van der Waals surface area contributed by atoms with Gasteiger partial charge >= 0.3 is 0 Å². The highest BCUT2D eigenvalue weighted by Crippen LogP contribution is 2.36. The van der Waals surface area contributed by atoms with Crippen molar-refractivity contribution in [2.45, 2.75) is 18.4 Å². The van der Waals surface area contributed by atoms with Crippen molar-refractivity contribution in [3.8, 4) is 11.6 Å². The first-order chi connectivity index (χ1) is 10.2. The molecular formula is C15H17N3O3. The third-order valence-electron chi connectivity index (χ3n) is 3.52. The van der Waals surface area contributed by atoms with Crippen LogP contribution in [0.25, 0.3) is 0 Å². The summed E-state index contributed by atoms with van der Waals surface area (Å²) in [7, 11) is 0. The molecule has 0 aliphatic carbocycles. The molecule has 21 heavy (non-hydrogen) atoms. The summed E-state index contributed by atoms with van der Waals surface area (Å²) in [5.41, 5.74) is 5.70. The summed E-state index contributed by atoms with van der Waals surface area (Å²) in [6, 6.07) is 6.99. The lowest BCUT2D eigenvalue weighted by molar-refractivity contribution is -0.0717. The summed E-state index contributed by atoms with van der Waals surface area (Å²) in [6.07, 6.45) is 4.05. The first-order valence-electron chi connectivity index (χ1n) is 6.82. The van der Waals surface area contributed by atoms with E-state index in [-0.39, 0.29) is 0 Å². The molecule has 0 radical (unpaired) electrons. The van der Waals surface area contributed by atoms with Gasteiger partial charge in [0.15, 0.2) is 0 Å². The Morgan fingerprint density at radius 2 is 1.76 bits per heavy atom. The number of hydrogen-bond donors (Lipinski definition) is 2. The van der Waals surface area contributed by atoms with Gasteiger partial charge in [0.2, 0.25) is 5.88 Å². The molecule has 2 aromatic rings. The second kappa shape index (κ2) is 5.67. The van der Waals surface area contributed by atoms with Gasteiger partial charge in [0, 0.05) is 44.1 Å². The van der Waals surface area contributed by atoms with Crippen molar-refractivity contribution < 1.29 is 14.6 Å². The van der Waals surface area contributed by atoms with E-state index in [4.69, 9.17) is 15.2 Å². The normalized spacial score (nSPS) is 17.4.